The van der Waals surface area contributed by atoms with Gasteiger partial charge in [0.15, 0.2) is 11.6 Å². The molecular formula is C12H13F2N3. The molecule has 2 rings (SSSR count). The van der Waals surface area contributed by atoms with Crippen molar-refractivity contribution in [2.24, 2.45) is 0 Å². The van der Waals surface area contributed by atoms with E-state index < -0.39 is 11.6 Å². The van der Waals surface area contributed by atoms with E-state index in [0.29, 0.717) is 24.7 Å². The summed E-state index contributed by atoms with van der Waals surface area (Å²) in [6.45, 7) is 0.496. The van der Waals surface area contributed by atoms with Gasteiger partial charge in [-0.15, -0.1) is 0 Å². The zero-order chi connectivity index (χ0) is 12.4. The molecule has 1 aliphatic rings. The van der Waals surface area contributed by atoms with Gasteiger partial charge in [0.05, 0.1) is 23.9 Å². The number of nitriles is 1. The van der Waals surface area contributed by atoms with Crippen molar-refractivity contribution in [1.29, 1.82) is 5.26 Å². The van der Waals surface area contributed by atoms with Gasteiger partial charge in [0.1, 0.15) is 0 Å². The first-order valence-corrected chi connectivity index (χ1v) is 5.51. The molecular weight excluding hydrogens is 224 g/mol. The van der Waals surface area contributed by atoms with Gasteiger partial charge >= 0.3 is 0 Å². The van der Waals surface area contributed by atoms with Crippen molar-refractivity contribution < 1.29 is 8.78 Å². The standard InChI is InChI=1S/C12H13F2N3/c13-9-6-11(16)12(7-10(9)14)17(5-1-4-15)8-2-3-8/h6-8H,1-3,5,16H2. The normalized spacial score (nSPS) is 14.4. The van der Waals surface area contributed by atoms with Crippen molar-refractivity contribution >= 4 is 11.4 Å². The van der Waals surface area contributed by atoms with Crippen LogP contribution in [0.4, 0.5) is 20.2 Å². The van der Waals surface area contributed by atoms with E-state index in [1.807, 2.05) is 11.0 Å². The first-order chi connectivity index (χ1) is 8.13. The Hall–Kier alpha value is -1.83. The minimum Gasteiger partial charge on any atom is -0.397 e. The van der Waals surface area contributed by atoms with Crippen LogP contribution < -0.4 is 10.6 Å². The van der Waals surface area contributed by atoms with Crippen molar-refractivity contribution in [3.63, 3.8) is 0 Å². The maximum absolute atomic E-state index is 13.2. The Bertz CT molecular complexity index is 464. The summed E-state index contributed by atoms with van der Waals surface area (Å²) >= 11 is 0. The van der Waals surface area contributed by atoms with Crippen LogP contribution in [-0.2, 0) is 0 Å². The molecule has 0 bridgehead atoms. The Balaban J connectivity index is 2.29. The minimum absolute atomic E-state index is 0.216. The van der Waals surface area contributed by atoms with Gasteiger partial charge in [0.2, 0.25) is 0 Å². The van der Waals surface area contributed by atoms with Crippen molar-refractivity contribution in [1.82, 2.24) is 0 Å². The second-order valence-corrected chi connectivity index (χ2v) is 4.16. The van der Waals surface area contributed by atoms with Crippen LogP contribution in [0.2, 0.25) is 0 Å². The van der Waals surface area contributed by atoms with Crippen LogP contribution in [0.5, 0.6) is 0 Å². The van der Waals surface area contributed by atoms with E-state index in [1.165, 1.54) is 0 Å². The Labute approximate surface area is 98.4 Å². The molecule has 0 saturated heterocycles. The van der Waals surface area contributed by atoms with Crippen molar-refractivity contribution in [2.75, 3.05) is 17.2 Å². The van der Waals surface area contributed by atoms with Crippen LogP contribution in [0.15, 0.2) is 12.1 Å². The molecule has 1 aromatic rings. The van der Waals surface area contributed by atoms with Crippen LogP contribution in [-0.4, -0.2) is 12.6 Å². The maximum atomic E-state index is 13.2. The lowest BCUT2D eigenvalue weighted by atomic mass is 10.2. The topological polar surface area (TPSA) is 53.0 Å². The van der Waals surface area contributed by atoms with Crippen LogP contribution in [0.1, 0.15) is 19.3 Å². The highest BCUT2D eigenvalue weighted by atomic mass is 19.2. The summed E-state index contributed by atoms with van der Waals surface area (Å²) in [7, 11) is 0. The van der Waals surface area contributed by atoms with Crippen molar-refractivity contribution in [2.45, 2.75) is 25.3 Å². The highest BCUT2D eigenvalue weighted by Gasteiger charge is 2.30. The molecule has 1 fully saturated rings. The summed E-state index contributed by atoms with van der Waals surface area (Å²) in [4.78, 5) is 1.89. The Morgan fingerprint density at radius 1 is 1.35 bits per heavy atom. The van der Waals surface area contributed by atoms with Gasteiger partial charge in [-0.3, -0.25) is 0 Å². The van der Waals surface area contributed by atoms with Gasteiger partial charge in [-0.25, -0.2) is 8.78 Å². The Morgan fingerprint density at radius 2 is 2.00 bits per heavy atom. The van der Waals surface area contributed by atoms with E-state index in [0.717, 1.165) is 25.0 Å². The van der Waals surface area contributed by atoms with Crippen LogP contribution in [0.3, 0.4) is 0 Å². The lowest BCUT2D eigenvalue weighted by Crippen LogP contribution is -2.27. The average molecular weight is 237 g/mol. The van der Waals surface area contributed by atoms with Crippen LogP contribution >= 0.6 is 0 Å². The third kappa shape index (κ3) is 2.47. The molecule has 5 heteroatoms. The lowest BCUT2D eigenvalue weighted by molar-refractivity contribution is 0.508. The number of nitrogen functional groups attached to an aromatic ring is 1. The monoisotopic (exact) mass is 237 g/mol. The zero-order valence-electron chi connectivity index (χ0n) is 9.29. The summed E-state index contributed by atoms with van der Waals surface area (Å²) in [6.07, 6.45) is 2.35. The first kappa shape index (κ1) is 11.6. The van der Waals surface area contributed by atoms with Gasteiger partial charge in [0.25, 0.3) is 0 Å². The number of hydrogen-bond donors (Lipinski definition) is 1. The Morgan fingerprint density at radius 3 is 2.59 bits per heavy atom. The van der Waals surface area contributed by atoms with E-state index in [-0.39, 0.29) is 5.69 Å². The summed E-state index contributed by atoms with van der Waals surface area (Å²) in [5, 5.41) is 8.59. The quantitative estimate of drug-likeness (QED) is 0.818. The molecule has 90 valence electrons. The molecule has 0 unspecified atom stereocenters. The highest BCUT2D eigenvalue weighted by molar-refractivity contribution is 5.68. The van der Waals surface area contributed by atoms with Gasteiger partial charge < -0.3 is 10.6 Å². The number of benzene rings is 1. The van der Waals surface area contributed by atoms with Crippen LogP contribution in [0, 0.1) is 23.0 Å². The SMILES string of the molecule is N#CCCN(c1cc(F)c(F)cc1N)C1CC1. The molecule has 0 amide bonds. The van der Waals surface area contributed by atoms with Crippen LogP contribution in [0.25, 0.3) is 0 Å². The second kappa shape index (κ2) is 4.58. The Kier molecular flexibility index (Phi) is 3.14. The highest BCUT2D eigenvalue weighted by Crippen LogP contribution is 2.35. The van der Waals surface area contributed by atoms with Crippen molar-refractivity contribution in [3.05, 3.63) is 23.8 Å². The van der Waals surface area contributed by atoms with Gasteiger partial charge in [-0.2, -0.15) is 5.26 Å². The predicted octanol–water partition coefficient (Wildman–Crippen LogP) is 2.43. The lowest BCUT2D eigenvalue weighted by Gasteiger charge is -2.25. The third-order valence-electron chi connectivity index (χ3n) is 2.83. The number of anilines is 2. The van der Waals surface area contributed by atoms with E-state index >= 15 is 0 Å². The molecule has 0 heterocycles. The fourth-order valence-corrected chi connectivity index (χ4v) is 1.86. The molecule has 0 aromatic heterocycles. The fraction of sp³-hybridized carbons (Fsp3) is 0.417. The molecule has 3 nitrogen and oxygen atoms in total. The molecule has 0 atom stereocenters. The smallest absolute Gasteiger partial charge is 0.161 e. The molecule has 1 aliphatic carbocycles. The molecule has 0 aliphatic heterocycles. The second-order valence-electron chi connectivity index (χ2n) is 4.16. The molecule has 2 N–H and O–H groups in total. The van der Waals surface area contributed by atoms with E-state index in [9.17, 15) is 8.78 Å². The number of hydrogen-bond acceptors (Lipinski definition) is 3. The van der Waals surface area contributed by atoms with Gasteiger partial charge in [-0.05, 0) is 12.8 Å². The average Bonchev–Trinajstić information content (AvgIpc) is 3.10. The molecule has 1 aromatic carbocycles. The van der Waals surface area contributed by atoms with Gasteiger partial charge in [0, 0.05) is 24.7 Å². The molecule has 0 radical (unpaired) electrons. The largest absolute Gasteiger partial charge is 0.397 e. The van der Waals surface area contributed by atoms with E-state index in [4.69, 9.17) is 11.0 Å². The van der Waals surface area contributed by atoms with Crippen molar-refractivity contribution in [3.8, 4) is 6.07 Å². The van der Waals surface area contributed by atoms with E-state index in [2.05, 4.69) is 0 Å². The summed E-state index contributed by atoms with van der Waals surface area (Å²) in [6, 6.07) is 4.45. The first-order valence-electron chi connectivity index (χ1n) is 5.51. The number of nitrogens with zero attached hydrogens (tertiary/aromatic N) is 2. The number of halogens is 2. The van der Waals surface area contributed by atoms with E-state index in [1.54, 1.807) is 0 Å². The number of nitrogens with two attached hydrogens (primary N) is 1. The third-order valence-corrected chi connectivity index (χ3v) is 2.83. The predicted molar refractivity (Wildman–Crippen MR) is 61.4 cm³/mol. The maximum Gasteiger partial charge on any atom is 0.161 e. The summed E-state index contributed by atoms with van der Waals surface area (Å²) in [5.74, 6) is -1.85. The number of rotatable bonds is 4. The minimum atomic E-state index is -0.942. The summed E-state index contributed by atoms with van der Waals surface area (Å²) in [5.41, 5.74) is 6.40. The molecule has 1 saturated carbocycles. The molecule has 17 heavy (non-hydrogen) atoms. The fourth-order valence-electron chi connectivity index (χ4n) is 1.86. The zero-order valence-corrected chi connectivity index (χ0v) is 9.29. The van der Waals surface area contributed by atoms with Gasteiger partial charge in [-0.1, -0.05) is 0 Å². The molecule has 0 spiro atoms. The summed E-state index contributed by atoms with van der Waals surface area (Å²) < 4.78 is 26.2.